The third-order valence-electron chi connectivity index (χ3n) is 6.25. The van der Waals surface area contributed by atoms with Crippen molar-refractivity contribution in [2.24, 2.45) is 0 Å². The fourth-order valence-corrected chi connectivity index (χ4v) is 5.82. The summed E-state index contributed by atoms with van der Waals surface area (Å²) in [6.07, 6.45) is 0.363. The zero-order chi connectivity index (χ0) is 28.7. The van der Waals surface area contributed by atoms with E-state index in [1.807, 2.05) is 58.9 Å². The van der Waals surface area contributed by atoms with E-state index in [0.29, 0.717) is 17.1 Å². The molecule has 1 N–H and O–H groups in total. The molecule has 0 aromatic heterocycles. The number of carbonyl (C=O) groups excluding carboxylic acids is 2. The Labute approximate surface area is 236 Å². The van der Waals surface area contributed by atoms with Crippen LogP contribution in [0, 0.1) is 13.8 Å². The van der Waals surface area contributed by atoms with Gasteiger partial charge in [0.1, 0.15) is 12.6 Å². The predicted molar refractivity (Wildman–Crippen MR) is 156 cm³/mol. The first-order valence-electron chi connectivity index (χ1n) is 12.9. The zero-order valence-electron chi connectivity index (χ0n) is 23.0. The lowest BCUT2D eigenvalue weighted by Gasteiger charge is -2.33. The van der Waals surface area contributed by atoms with Crippen molar-refractivity contribution in [3.8, 4) is 0 Å². The average molecular weight is 570 g/mol. The summed E-state index contributed by atoms with van der Waals surface area (Å²) in [5, 5.41) is 3.34. The van der Waals surface area contributed by atoms with Gasteiger partial charge in [0, 0.05) is 17.6 Å². The van der Waals surface area contributed by atoms with Gasteiger partial charge in [0.15, 0.2) is 0 Å². The second kappa shape index (κ2) is 13.1. The molecule has 9 heteroatoms. The quantitative estimate of drug-likeness (QED) is 0.331. The number of carbonyl (C=O) groups is 2. The second-order valence-electron chi connectivity index (χ2n) is 9.90. The van der Waals surface area contributed by atoms with Crippen LogP contribution in [0.1, 0.15) is 43.9 Å². The van der Waals surface area contributed by atoms with E-state index in [2.05, 4.69) is 5.32 Å². The van der Waals surface area contributed by atoms with Crippen molar-refractivity contribution in [1.29, 1.82) is 0 Å². The highest BCUT2D eigenvalue weighted by Crippen LogP contribution is 2.26. The van der Waals surface area contributed by atoms with Crippen molar-refractivity contribution in [3.63, 3.8) is 0 Å². The lowest BCUT2D eigenvalue weighted by Crippen LogP contribution is -2.53. The van der Waals surface area contributed by atoms with Crippen molar-refractivity contribution in [2.45, 2.75) is 64.6 Å². The molecule has 0 fully saturated rings. The molecule has 208 valence electrons. The summed E-state index contributed by atoms with van der Waals surface area (Å²) in [6.45, 7) is 9.03. The average Bonchev–Trinajstić information content (AvgIpc) is 2.87. The van der Waals surface area contributed by atoms with Gasteiger partial charge in [0.2, 0.25) is 11.8 Å². The summed E-state index contributed by atoms with van der Waals surface area (Å²) < 4.78 is 28.8. The molecule has 0 spiro atoms. The summed E-state index contributed by atoms with van der Waals surface area (Å²) >= 11 is 6.07. The molecule has 3 aromatic carbocycles. The maximum absolute atomic E-state index is 14.0. The topological polar surface area (TPSA) is 86.8 Å². The Kier molecular flexibility index (Phi) is 10.2. The van der Waals surface area contributed by atoms with Gasteiger partial charge in [-0.25, -0.2) is 8.42 Å². The van der Waals surface area contributed by atoms with Gasteiger partial charge in [-0.15, -0.1) is 0 Å². The van der Waals surface area contributed by atoms with Crippen molar-refractivity contribution < 1.29 is 18.0 Å². The number of hydrogen-bond acceptors (Lipinski definition) is 4. The monoisotopic (exact) mass is 569 g/mol. The van der Waals surface area contributed by atoms with E-state index in [1.165, 1.54) is 17.0 Å². The van der Waals surface area contributed by atoms with Gasteiger partial charge >= 0.3 is 0 Å². The minimum Gasteiger partial charge on any atom is -0.352 e. The fourth-order valence-electron chi connectivity index (χ4n) is 4.28. The van der Waals surface area contributed by atoms with E-state index in [1.54, 1.807) is 36.4 Å². The fraction of sp³-hybridized carbons (Fsp3) is 0.333. The maximum Gasteiger partial charge on any atom is 0.264 e. The molecule has 0 bridgehead atoms. The molecule has 0 aliphatic rings. The van der Waals surface area contributed by atoms with Crippen LogP contribution in [-0.2, 0) is 26.2 Å². The van der Waals surface area contributed by atoms with Crippen LogP contribution in [0.2, 0.25) is 5.02 Å². The smallest absolute Gasteiger partial charge is 0.264 e. The lowest BCUT2D eigenvalue weighted by atomic mass is 10.1. The van der Waals surface area contributed by atoms with E-state index in [4.69, 9.17) is 11.6 Å². The van der Waals surface area contributed by atoms with E-state index >= 15 is 0 Å². The number of halogens is 1. The van der Waals surface area contributed by atoms with Gasteiger partial charge in [0.05, 0.1) is 10.6 Å². The van der Waals surface area contributed by atoms with Gasteiger partial charge < -0.3 is 10.2 Å². The molecule has 7 nitrogen and oxygen atoms in total. The molecule has 0 saturated carbocycles. The number of rotatable bonds is 11. The Morgan fingerprint density at radius 2 is 1.56 bits per heavy atom. The number of aryl methyl sites for hydroxylation is 2. The predicted octanol–water partition coefficient (Wildman–Crippen LogP) is 5.48. The van der Waals surface area contributed by atoms with Crippen LogP contribution in [0.25, 0.3) is 0 Å². The van der Waals surface area contributed by atoms with Crippen molar-refractivity contribution in [2.75, 3.05) is 10.8 Å². The number of nitrogens with zero attached hydrogens (tertiary/aromatic N) is 2. The number of sulfonamides is 1. The van der Waals surface area contributed by atoms with Crippen molar-refractivity contribution in [1.82, 2.24) is 10.2 Å². The molecule has 39 heavy (non-hydrogen) atoms. The van der Waals surface area contributed by atoms with Crippen LogP contribution in [-0.4, -0.2) is 43.8 Å². The number of anilines is 1. The molecule has 1 atom stereocenters. The zero-order valence-corrected chi connectivity index (χ0v) is 24.6. The first kappa shape index (κ1) is 30.2. The number of hydrogen-bond donors (Lipinski definition) is 1. The third kappa shape index (κ3) is 7.83. The Balaban J connectivity index is 2.06. The summed E-state index contributed by atoms with van der Waals surface area (Å²) in [7, 11) is -4.12. The maximum atomic E-state index is 14.0. The summed E-state index contributed by atoms with van der Waals surface area (Å²) in [6, 6.07) is 19.5. The van der Waals surface area contributed by atoms with Crippen LogP contribution in [0.4, 0.5) is 5.69 Å². The van der Waals surface area contributed by atoms with Crippen LogP contribution in [0.15, 0.2) is 77.7 Å². The van der Waals surface area contributed by atoms with Crippen LogP contribution in [0.5, 0.6) is 0 Å². The summed E-state index contributed by atoms with van der Waals surface area (Å²) in [5.41, 5.74) is 3.07. The van der Waals surface area contributed by atoms with E-state index in [9.17, 15) is 18.0 Å². The Morgan fingerprint density at radius 1 is 0.923 bits per heavy atom. The highest BCUT2D eigenvalue weighted by atomic mass is 35.5. The first-order chi connectivity index (χ1) is 18.4. The molecule has 0 aliphatic heterocycles. The normalized spacial score (nSPS) is 12.2. The summed E-state index contributed by atoms with van der Waals surface area (Å²) in [4.78, 5) is 28.7. The number of nitrogens with one attached hydrogen (secondary N) is 1. The van der Waals surface area contributed by atoms with Crippen molar-refractivity contribution in [3.05, 3.63) is 94.5 Å². The van der Waals surface area contributed by atoms with Crippen molar-refractivity contribution >= 4 is 39.1 Å². The van der Waals surface area contributed by atoms with Crippen LogP contribution < -0.4 is 9.62 Å². The molecule has 0 saturated heterocycles. The highest BCUT2D eigenvalue weighted by molar-refractivity contribution is 7.92. The minimum atomic E-state index is -4.12. The number of benzene rings is 3. The SMILES string of the molecule is CC[C@H](C(=O)NC(C)C)N(Cc1cccc(C)c1)C(=O)CN(c1ccc(Cl)cc1)S(=O)(=O)c1ccc(C)cc1. The van der Waals surface area contributed by atoms with Gasteiger partial charge in [0.25, 0.3) is 10.0 Å². The van der Waals surface area contributed by atoms with Gasteiger partial charge in [-0.1, -0.05) is 66.0 Å². The second-order valence-corrected chi connectivity index (χ2v) is 12.2. The van der Waals surface area contributed by atoms with Gasteiger partial charge in [-0.2, -0.15) is 0 Å². The highest BCUT2D eigenvalue weighted by Gasteiger charge is 2.33. The molecule has 0 unspecified atom stereocenters. The van der Waals surface area contributed by atoms with Gasteiger partial charge in [-0.3, -0.25) is 13.9 Å². The van der Waals surface area contributed by atoms with E-state index in [0.717, 1.165) is 21.0 Å². The molecule has 0 aliphatic carbocycles. The Morgan fingerprint density at radius 3 is 2.13 bits per heavy atom. The lowest BCUT2D eigenvalue weighted by molar-refractivity contribution is -0.140. The largest absolute Gasteiger partial charge is 0.352 e. The molecule has 2 amide bonds. The molecule has 0 heterocycles. The Bertz CT molecular complexity index is 1390. The standard InChI is InChI=1S/C30H36ClN3O4S/c1-6-28(30(36)32-21(2)3)33(19-24-9-7-8-23(5)18-24)29(35)20-34(26-14-12-25(31)13-15-26)39(37,38)27-16-10-22(4)11-17-27/h7-18,21,28H,6,19-20H2,1-5H3,(H,32,36)/t28-/m1/s1. The molecule has 0 radical (unpaired) electrons. The van der Waals surface area contributed by atoms with E-state index in [-0.39, 0.29) is 23.4 Å². The first-order valence-corrected chi connectivity index (χ1v) is 14.7. The van der Waals surface area contributed by atoms with Crippen LogP contribution >= 0.6 is 11.6 Å². The molecular formula is C30H36ClN3O4S. The van der Waals surface area contributed by atoms with Gasteiger partial charge in [-0.05, 0) is 76.1 Å². The molecule has 3 aromatic rings. The van der Waals surface area contributed by atoms with E-state index < -0.39 is 28.5 Å². The number of amides is 2. The molecular weight excluding hydrogens is 534 g/mol. The van der Waals surface area contributed by atoms with Crippen LogP contribution in [0.3, 0.4) is 0 Å². The molecule has 3 rings (SSSR count). The summed E-state index contributed by atoms with van der Waals surface area (Å²) in [5.74, 6) is -0.777. The third-order valence-corrected chi connectivity index (χ3v) is 8.29. The minimum absolute atomic E-state index is 0.0608. The Hall–Kier alpha value is -3.36.